The van der Waals surface area contributed by atoms with Crippen molar-refractivity contribution in [1.29, 1.82) is 0 Å². The van der Waals surface area contributed by atoms with Crippen LogP contribution in [0.15, 0.2) is 72.1 Å². The number of carboxylic acid groups (broad SMARTS) is 1. The Bertz CT molecular complexity index is 1410. The molecule has 0 bridgehead atoms. The summed E-state index contributed by atoms with van der Waals surface area (Å²) in [5.41, 5.74) is 2.87. The SMILES string of the molecule is COc1ccc(OC)c(-c2csc(N(Cc3ccc(C(=O)NCC(=O)O)cc3)c3ccccc3F)n2)c1. The van der Waals surface area contributed by atoms with Crippen molar-refractivity contribution in [3.63, 3.8) is 0 Å². The highest BCUT2D eigenvalue weighted by Crippen LogP contribution is 2.38. The van der Waals surface area contributed by atoms with Gasteiger partial charge in [-0.15, -0.1) is 11.3 Å². The first kappa shape index (κ1) is 25.6. The second-order valence-electron chi connectivity index (χ2n) is 7.89. The lowest BCUT2D eigenvalue weighted by Crippen LogP contribution is -2.29. The highest BCUT2D eigenvalue weighted by atomic mass is 32.1. The summed E-state index contributed by atoms with van der Waals surface area (Å²) in [6, 6.07) is 18.5. The van der Waals surface area contributed by atoms with Crippen LogP contribution < -0.4 is 19.7 Å². The van der Waals surface area contributed by atoms with Gasteiger partial charge in [0.15, 0.2) is 5.13 Å². The Hall–Kier alpha value is -4.44. The molecule has 0 saturated carbocycles. The number of benzene rings is 3. The van der Waals surface area contributed by atoms with Crippen molar-refractivity contribution in [3.8, 4) is 22.8 Å². The summed E-state index contributed by atoms with van der Waals surface area (Å²) in [4.78, 5) is 29.4. The predicted octanol–water partition coefficient (Wildman–Crippen LogP) is 5.12. The van der Waals surface area contributed by atoms with Gasteiger partial charge in [-0.3, -0.25) is 9.59 Å². The minimum Gasteiger partial charge on any atom is -0.497 e. The third kappa shape index (κ3) is 6.04. The lowest BCUT2D eigenvalue weighted by Gasteiger charge is -2.23. The van der Waals surface area contributed by atoms with Crippen molar-refractivity contribution in [1.82, 2.24) is 10.3 Å². The molecule has 37 heavy (non-hydrogen) atoms. The Morgan fingerprint density at radius 3 is 2.49 bits per heavy atom. The van der Waals surface area contributed by atoms with E-state index in [2.05, 4.69) is 5.32 Å². The summed E-state index contributed by atoms with van der Waals surface area (Å²) in [5, 5.41) is 13.5. The molecule has 10 heteroatoms. The van der Waals surface area contributed by atoms with Gasteiger partial charge in [0.2, 0.25) is 0 Å². The summed E-state index contributed by atoms with van der Waals surface area (Å²) < 4.78 is 25.7. The van der Waals surface area contributed by atoms with Crippen molar-refractivity contribution in [3.05, 3.63) is 89.1 Å². The molecule has 0 radical (unpaired) electrons. The van der Waals surface area contributed by atoms with Crippen LogP contribution in [0.25, 0.3) is 11.3 Å². The number of hydrogen-bond donors (Lipinski definition) is 2. The maximum Gasteiger partial charge on any atom is 0.322 e. The smallest absolute Gasteiger partial charge is 0.322 e. The first-order chi connectivity index (χ1) is 17.9. The number of carbonyl (C=O) groups is 2. The summed E-state index contributed by atoms with van der Waals surface area (Å²) in [6.07, 6.45) is 0. The van der Waals surface area contributed by atoms with Gasteiger partial charge in [-0.25, -0.2) is 9.37 Å². The zero-order valence-corrected chi connectivity index (χ0v) is 20.9. The number of carboxylic acids is 1. The second-order valence-corrected chi connectivity index (χ2v) is 8.73. The van der Waals surface area contributed by atoms with Gasteiger partial charge in [-0.05, 0) is 48.0 Å². The molecule has 0 aliphatic heterocycles. The average Bonchev–Trinajstić information content (AvgIpc) is 3.40. The molecule has 4 aromatic rings. The van der Waals surface area contributed by atoms with Gasteiger partial charge < -0.3 is 24.8 Å². The number of hydrogen-bond acceptors (Lipinski definition) is 7. The van der Waals surface area contributed by atoms with Crippen LogP contribution in [0, 0.1) is 5.82 Å². The van der Waals surface area contributed by atoms with Crippen LogP contribution in [0.2, 0.25) is 0 Å². The van der Waals surface area contributed by atoms with Gasteiger partial charge >= 0.3 is 5.97 Å². The summed E-state index contributed by atoms with van der Waals surface area (Å²) in [6.45, 7) is -0.188. The number of nitrogens with zero attached hydrogens (tertiary/aromatic N) is 2. The van der Waals surface area contributed by atoms with Crippen molar-refractivity contribution in [2.45, 2.75) is 6.54 Å². The minimum absolute atomic E-state index is 0.278. The molecule has 0 saturated heterocycles. The minimum atomic E-state index is -1.13. The highest BCUT2D eigenvalue weighted by Gasteiger charge is 2.20. The molecule has 3 aromatic carbocycles. The van der Waals surface area contributed by atoms with E-state index >= 15 is 0 Å². The van der Waals surface area contributed by atoms with Crippen LogP contribution in [-0.4, -0.2) is 42.7 Å². The summed E-state index contributed by atoms with van der Waals surface area (Å²) >= 11 is 1.36. The first-order valence-electron chi connectivity index (χ1n) is 11.2. The van der Waals surface area contributed by atoms with Gasteiger partial charge in [0.1, 0.15) is 23.9 Å². The van der Waals surface area contributed by atoms with E-state index in [1.165, 1.54) is 17.4 Å². The van der Waals surface area contributed by atoms with Gasteiger partial charge in [0.05, 0.1) is 32.1 Å². The van der Waals surface area contributed by atoms with Gasteiger partial charge in [0, 0.05) is 16.5 Å². The van der Waals surface area contributed by atoms with E-state index in [1.54, 1.807) is 73.7 Å². The van der Waals surface area contributed by atoms with Crippen LogP contribution in [0.1, 0.15) is 15.9 Å². The third-order valence-corrected chi connectivity index (χ3v) is 6.37. The van der Waals surface area contributed by atoms with Crippen molar-refractivity contribution in [2.24, 2.45) is 0 Å². The predicted molar refractivity (Wildman–Crippen MR) is 139 cm³/mol. The number of halogens is 1. The number of aliphatic carboxylic acids is 1. The van der Waals surface area contributed by atoms with E-state index in [0.29, 0.717) is 33.6 Å². The Balaban J connectivity index is 1.65. The number of carbonyl (C=O) groups excluding carboxylic acids is 1. The molecule has 0 atom stereocenters. The monoisotopic (exact) mass is 521 g/mol. The third-order valence-electron chi connectivity index (χ3n) is 5.51. The Morgan fingerprint density at radius 1 is 1.05 bits per heavy atom. The normalized spacial score (nSPS) is 10.6. The molecule has 1 heterocycles. The van der Waals surface area contributed by atoms with Crippen LogP contribution >= 0.6 is 11.3 Å². The average molecular weight is 522 g/mol. The van der Waals surface area contributed by atoms with E-state index in [0.717, 1.165) is 11.1 Å². The molecule has 0 aliphatic carbocycles. The fourth-order valence-corrected chi connectivity index (χ4v) is 4.49. The number of para-hydroxylation sites is 1. The second kappa shape index (κ2) is 11.5. The summed E-state index contributed by atoms with van der Waals surface area (Å²) in [5.74, 6) is -0.727. The van der Waals surface area contributed by atoms with E-state index in [1.807, 2.05) is 11.4 Å². The lowest BCUT2D eigenvalue weighted by molar-refractivity contribution is -0.135. The van der Waals surface area contributed by atoms with Gasteiger partial charge in [-0.1, -0.05) is 24.3 Å². The molecule has 0 unspecified atom stereocenters. The fourth-order valence-electron chi connectivity index (χ4n) is 3.65. The molecule has 190 valence electrons. The number of methoxy groups -OCH3 is 2. The lowest BCUT2D eigenvalue weighted by atomic mass is 10.1. The quantitative estimate of drug-likeness (QED) is 0.299. The summed E-state index contributed by atoms with van der Waals surface area (Å²) in [7, 11) is 3.16. The molecule has 2 N–H and O–H groups in total. The number of thiazole rings is 1. The Kier molecular flexibility index (Phi) is 7.99. The molecule has 8 nitrogen and oxygen atoms in total. The number of nitrogens with one attached hydrogen (secondary N) is 1. The largest absolute Gasteiger partial charge is 0.497 e. The van der Waals surface area contributed by atoms with Crippen LogP contribution in [-0.2, 0) is 11.3 Å². The van der Waals surface area contributed by atoms with E-state index < -0.39 is 24.2 Å². The zero-order chi connectivity index (χ0) is 26.4. The molecule has 0 spiro atoms. The molecule has 1 aromatic heterocycles. The maximum atomic E-state index is 14.9. The molecule has 0 aliphatic rings. The van der Waals surface area contributed by atoms with Crippen LogP contribution in [0.5, 0.6) is 11.5 Å². The Morgan fingerprint density at radius 2 is 1.81 bits per heavy atom. The van der Waals surface area contributed by atoms with E-state index in [4.69, 9.17) is 19.6 Å². The highest BCUT2D eigenvalue weighted by molar-refractivity contribution is 7.14. The van der Waals surface area contributed by atoms with E-state index in [-0.39, 0.29) is 6.54 Å². The topological polar surface area (TPSA) is 101 Å². The first-order valence-corrected chi connectivity index (χ1v) is 12.1. The molecule has 1 amide bonds. The zero-order valence-electron chi connectivity index (χ0n) is 20.1. The number of ether oxygens (including phenoxy) is 2. The number of aromatic nitrogens is 1. The molecular weight excluding hydrogens is 497 g/mol. The molecule has 4 rings (SSSR count). The van der Waals surface area contributed by atoms with Crippen LogP contribution in [0.4, 0.5) is 15.2 Å². The van der Waals surface area contributed by atoms with Crippen molar-refractivity contribution < 1.29 is 28.6 Å². The van der Waals surface area contributed by atoms with Gasteiger partial charge in [-0.2, -0.15) is 0 Å². The fraction of sp³-hybridized carbons (Fsp3) is 0.148. The standard InChI is InChI=1S/C27H24FN3O5S/c1-35-19-11-12-24(36-2)20(13-19)22-16-37-27(30-22)31(23-6-4-3-5-21(23)28)15-17-7-9-18(10-8-17)26(34)29-14-25(32)33/h3-13,16H,14-15H2,1-2H3,(H,29,34)(H,32,33). The van der Waals surface area contributed by atoms with Crippen LogP contribution in [0.3, 0.4) is 0 Å². The Labute approximate surface area is 216 Å². The van der Waals surface area contributed by atoms with E-state index in [9.17, 15) is 14.0 Å². The maximum absolute atomic E-state index is 14.9. The number of amides is 1. The van der Waals surface area contributed by atoms with Crippen molar-refractivity contribution >= 4 is 34.0 Å². The molecular formula is C27H24FN3O5S. The van der Waals surface area contributed by atoms with Gasteiger partial charge in [0.25, 0.3) is 5.91 Å². The number of rotatable bonds is 10. The van der Waals surface area contributed by atoms with Crippen molar-refractivity contribution in [2.75, 3.05) is 25.7 Å². The number of anilines is 2. The molecule has 0 fully saturated rings.